The van der Waals surface area contributed by atoms with Crippen LogP contribution in [-0.4, -0.2) is 30.7 Å². The molecule has 2 aromatic carbocycles. The van der Waals surface area contributed by atoms with Crippen molar-refractivity contribution in [2.45, 2.75) is 29.6 Å². The molecule has 24 heavy (non-hydrogen) atoms. The third-order valence-corrected chi connectivity index (χ3v) is 5.81. The van der Waals surface area contributed by atoms with Gasteiger partial charge >= 0.3 is 0 Å². The van der Waals surface area contributed by atoms with Crippen LogP contribution in [0.15, 0.2) is 68.9 Å². The van der Waals surface area contributed by atoms with E-state index in [0.29, 0.717) is 0 Å². The van der Waals surface area contributed by atoms with E-state index >= 15 is 0 Å². The van der Waals surface area contributed by atoms with E-state index < -0.39 is 0 Å². The highest BCUT2D eigenvalue weighted by molar-refractivity contribution is 7.99. The summed E-state index contributed by atoms with van der Waals surface area (Å²) >= 11 is 1.84. The Morgan fingerprint density at radius 3 is 2.83 bits per heavy atom. The number of likely N-dealkylation sites (N-methyl/N-ethyl adjacent to an activating group) is 1. The molecule has 2 aliphatic rings. The molecule has 2 aliphatic heterocycles. The molecule has 2 heterocycles. The third-order valence-electron chi connectivity index (χ3n) is 4.67. The van der Waals surface area contributed by atoms with E-state index in [2.05, 4.69) is 67.4 Å². The number of para-hydroxylation sites is 1. The van der Waals surface area contributed by atoms with Crippen molar-refractivity contribution >= 4 is 23.2 Å². The van der Waals surface area contributed by atoms with Gasteiger partial charge in [0.2, 0.25) is 0 Å². The number of aryl methyl sites for hydroxylation is 1. The number of benzene rings is 2. The molecule has 0 atom stereocenters. The maximum atomic E-state index is 5.11. The molecule has 0 fully saturated rings. The summed E-state index contributed by atoms with van der Waals surface area (Å²) in [5.74, 6) is 0. The molecule has 0 amide bonds. The zero-order chi connectivity index (χ0) is 16.5. The Hall–Kier alpha value is -1.84. The highest BCUT2D eigenvalue weighted by Gasteiger charge is 2.22. The second kappa shape index (κ2) is 6.58. The van der Waals surface area contributed by atoms with Gasteiger partial charge in [0, 0.05) is 28.4 Å². The van der Waals surface area contributed by atoms with Gasteiger partial charge in [0.25, 0.3) is 0 Å². The average Bonchev–Trinajstić information content (AvgIpc) is 2.77. The quantitative estimate of drug-likeness (QED) is 0.759. The molecule has 0 spiro atoms. The first-order valence-electron chi connectivity index (χ1n) is 8.61. The zero-order valence-electron chi connectivity index (χ0n) is 14.2. The van der Waals surface area contributed by atoms with E-state index in [1.165, 1.54) is 26.5 Å². The Balaban J connectivity index is 1.91. The normalized spacial score (nSPS) is 17.4. The maximum absolute atomic E-state index is 5.11. The molecule has 0 aliphatic carbocycles. The second-order valence-electron chi connectivity index (χ2n) is 6.47. The SMILES string of the molecule is CCc1ccc2c(c1)C(C1=CCCN(C)C1)=Nc1ccccc1S2. The lowest BCUT2D eigenvalue weighted by Crippen LogP contribution is -2.29. The largest absolute Gasteiger partial charge is 0.302 e. The van der Waals surface area contributed by atoms with Crippen LogP contribution >= 0.6 is 11.8 Å². The summed E-state index contributed by atoms with van der Waals surface area (Å²) in [6.45, 7) is 4.32. The number of hydrogen-bond donors (Lipinski definition) is 0. The topological polar surface area (TPSA) is 15.6 Å². The Bertz CT molecular complexity index is 835. The van der Waals surface area contributed by atoms with Crippen molar-refractivity contribution in [3.8, 4) is 0 Å². The minimum absolute atomic E-state index is 0.974. The van der Waals surface area contributed by atoms with Crippen LogP contribution in [0.2, 0.25) is 0 Å². The molecule has 2 aromatic rings. The fraction of sp³-hybridized carbons (Fsp3) is 0.286. The standard InChI is InChI=1S/C21H22N2S/c1-3-15-10-11-19-17(13-15)21(16-7-6-12-23(2)14-16)22-18-8-4-5-9-20(18)24-19/h4-5,7-11,13H,3,6,12,14H2,1-2H3. The fourth-order valence-corrected chi connectivity index (χ4v) is 4.32. The van der Waals surface area contributed by atoms with E-state index in [-0.39, 0.29) is 0 Å². The van der Waals surface area contributed by atoms with Gasteiger partial charge in [-0.25, -0.2) is 4.99 Å². The van der Waals surface area contributed by atoms with Crippen LogP contribution in [0.4, 0.5) is 5.69 Å². The second-order valence-corrected chi connectivity index (χ2v) is 7.55. The Kier molecular flexibility index (Phi) is 4.30. The minimum Gasteiger partial charge on any atom is -0.302 e. The van der Waals surface area contributed by atoms with Crippen LogP contribution in [0.3, 0.4) is 0 Å². The highest BCUT2D eigenvalue weighted by atomic mass is 32.2. The number of fused-ring (bicyclic) bond motifs is 2. The molecule has 0 unspecified atom stereocenters. The first-order valence-corrected chi connectivity index (χ1v) is 9.43. The lowest BCUT2D eigenvalue weighted by atomic mass is 9.96. The van der Waals surface area contributed by atoms with Gasteiger partial charge in [-0.15, -0.1) is 0 Å². The van der Waals surface area contributed by atoms with Crippen LogP contribution in [0.5, 0.6) is 0 Å². The number of rotatable bonds is 2. The van der Waals surface area contributed by atoms with Crippen LogP contribution in [0.1, 0.15) is 24.5 Å². The van der Waals surface area contributed by atoms with Gasteiger partial charge in [-0.3, -0.25) is 0 Å². The van der Waals surface area contributed by atoms with Gasteiger partial charge in [-0.1, -0.05) is 43.0 Å². The first kappa shape index (κ1) is 15.7. The van der Waals surface area contributed by atoms with Gasteiger partial charge in [-0.05, 0) is 55.3 Å². The summed E-state index contributed by atoms with van der Waals surface area (Å²) < 4.78 is 0. The smallest absolute Gasteiger partial charge is 0.0776 e. The summed E-state index contributed by atoms with van der Waals surface area (Å²) in [4.78, 5) is 10.0. The molecule has 0 saturated carbocycles. The Labute approximate surface area is 148 Å². The minimum atomic E-state index is 0.974. The summed E-state index contributed by atoms with van der Waals surface area (Å²) in [5.41, 5.74) is 6.26. The van der Waals surface area contributed by atoms with E-state index in [4.69, 9.17) is 4.99 Å². The molecular formula is C21H22N2S. The number of aliphatic imine (C=N–C) groups is 1. The molecule has 122 valence electrons. The molecule has 0 saturated heterocycles. The summed E-state index contributed by atoms with van der Waals surface area (Å²) in [7, 11) is 2.19. The van der Waals surface area contributed by atoms with Gasteiger partial charge in [-0.2, -0.15) is 0 Å². The van der Waals surface area contributed by atoms with Gasteiger partial charge in [0.1, 0.15) is 0 Å². The summed E-state index contributed by atoms with van der Waals surface area (Å²) in [5, 5.41) is 0. The van der Waals surface area contributed by atoms with Crippen molar-refractivity contribution in [2.24, 2.45) is 4.99 Å². The third kappa shape index (κ3) is 2.94. The van der Waals surface area contributed by atoms with Gasteiger partial charge in [0.15, 0.2) is 0 Å². The van der Waals surface area contributed by atoms with E-state index in [9.17, 15) is 0 Å². The Morgan fingerprint density at radius 1 is 1.12 bits per heavy atom. The molecule has 0 aromatic heterocycles. The number of nitrogens with zero attached hydrogens (tertiary/aromatic N) is 2. The molecule has 2 nitrogen and oxygen atoms in total. The number of hydrogen-bond acceptors (Lipinski definition) is 3. The van der Waals surface area contributed by atoms with Crippen LogP contribution in [0.25, 0.3) is 0 Å². The van der Waals surface area contributed by atoms with Gasteiger partial charge in [0.05, 0.1) is 11.4 Å². The van der Waals surface area contributed by atoms with Crippen LogP contribution in [0, 0.1) is 0 Å². The highest BCUT2D eigenvalue weighted by Crippen LogP contribution is 2.41. The first-order chi connectivity index (χ1) is 11.7. The van der Waals surface area contributed by atoms with Crippen molar-refractivity contribution < 1.29 is 0 Å². The van der Waals surface area contributed by atoms with Crippen molar-refractivity contribution in [1.29, 1.82) is 0 Å². The fourth-order valence-electron chi connectivity index (χ4n) is 3.32. The molecule has 0 radical (unpaired) electrons. The predicted octanol–water partition coefficient (Wildman–Crippen LogP) is 5.10. The summed E-state index contributed by atoms with van der Waals surface area (Å²) in [6.07, 6.45) is 4.53. The van der Waals surface area contributed by atoms with Gasteiger partial charge < -0.3 is 4.90 Å². The molecule has 0 bridgehead atoms. The van der Waals surface area contributed by atoms with E-state index in [1.54, 1.807) is 0 Å². The molecule has 0 N–H and O–H groups in total. The monoisotopic (exact) mass is 334 g/mol. The summed E-state index contributed by atoms with van der Waals surface area (Å²) in [6, 6.07) is 15.3. The van der Waals surface area contributed by atoms with Crippen molar-refractivity contribution in [1.82, 2.24) is 4.90 Å². The lowest BCUT2D eigenvalue weighted by molar-refractivity contribution is 0.360. The van der Waals surface area contributed by atoms with Crippen LogP contribution in [-0.2, 0) is 6.42 Å². The van der Waals surface area contributed by atoms with E-state index in [1.807, 2.05) is 11.8 Å². The van der Waals surface area contributed by atoms with Crippen molar-refractivity contribution in [3.63, 3.8) is 0 Å². The molecule has 3 heteroatoms. The predicted molar refractivity (Wildman–Crippen MR) is 103 cm³/mol. The zero-order valence-corrected chi connectivity index (χ0v) is 15.1. The van der Waals surface area contributed by atoms with Crippen LogP contribution < -0.4 is 0 Å². The van der Waals surface area contributed by atoms with Crippen molar-refractivity contribution in [2.75, 3.05) is 20.1 Å². The maximum Gasteiger partial charge on any atom is 0.0776 e. The van der Waals surface area contributed by atoms with E-state index in [0.717, 1.165) is 37.3 Å². The molecular weight excluding hydrogens is 312 g/mol. The van der Waals surface area contributed by atoms with Crippen molar-refractivity contribution in [3.05, 3.63) is 65.2 Å². The molecule has 4 rings (SSSR count). The average molecular weight is 334 g/mol. The Morgan fingerprint density at radius 2 is 2.00 bits per heavy atom. The lowest BCUT2D eigenvalue weighted by Gasteiger charge is -2.24.